The van der Waals surface area contributed by atoms with Gasteiger partial charge in [0.1, 0.15) is 5.75 Å². The second kappa shape index (κ2) is 8.82. The van der Waals surface area contributed by atoms with Crippen LogP contribution in [-0.4, -0.2) is 25.6 Å². The van der Waals surface area contributed by atoms with Crippen molar-refractivity contribution in [3.8, 4) is 5.75 Å². The number of rotatable bonds is 5. The molecule has 112 valence electrons. The van der Waals surface area contributed by atoms with Crippen LogP contribution in [0.2, 0.25) is 0 Å². The number of carbonyl (C=O) groups is 1. The second-order valence-electron chi connectivity index (χ2n) is 4.88. The zero-order valence-corrected chi connectivity index (χ0v) is 12.7. The molecule has 0 aliphatic carbocycles. The van der Waals surface area contributed by atoms with Gasteiger partial charge in [-0.2, -0.15) is 0 Å². The first kappa shape index (κ1) is 16.8. The third-order valence-corrected chi connectivity index (χ3v) is 3.27. The Morgan fingerprint density at radius 2 is 2.25 bits per heavy atom. The van der Waals surface area contributed by atoms with Crippen LogP contribution in [0.25, 0.3) is 0 Å². The van der Waals surface area contributed by atoms with Crippen molar-refractivity contribution in [3.63, 3.8) is 0 Å². The number of halogens is 1. The normalized spacial score (nSPS) is 17.9. The van der Waals surface area contributed by atoms with E-state index < -0.39 is 0 Å². The van der Waals surface area contributed by atoms with E-state index in [1.807, 2.05) is 24.3 Å². The van der Waals surface area contributed by atoms with Gasteiger partial charge in [0.2, 0.25) is 5.91 Å². The molecule has 0 spiro atoms. The minimum Gasteiger partial charge on any atom is -0.491 e. The fraction of sp³-hybridized carbons (Fsp3) is 0.533. The van der Waals surface area contributed by atoms with Crippen LogP contribution in [-0.2, 0) is 4.79 Å². The lowest BCUT2D eigenvalue weighted by Crippen LogP contribution is -2.37. The van der Waals surface area contributed by atoms with Gasteiger partial charge in [-0.1, -0.05) is 19.1 Å². The largest absolute Gasteiger partial charge is 0.491 e. The molecule has 2 rings (SSSR count). The van der Waals surface area contributed by atoms with E-state index in [9.17, 15) is 4.79 Å². The van der Waals surface area contributed by atoms with Crippen molar-refractivity contribution in [1.82, 2.24) is 5.32 Å². The number of ether oxygens (including phenoxy) is 1. The lowest BCUT2D eigenvalue weighted by molar-refractivity contribution is -0.120. The summed E-state index contributed by atoms with van der Waals surface area (Å²) in [5.74, 6) is 0.897. The fourth-order valence-corrected chi connectivity index (χ4v) is 2.22. The molecule has 5 heteroatoms. The van der Waals surface area contributed by atoms with Gasteiger partial charge in [0.15, 0.2) is 0 Å². The molecule has 1 fully saturated rings. The number of benzene rings is 1. The summed E-state index contributed by atoms with van der Waals surface area (Å²) < 4.78 is 5.64. The van der Waals surface area contributed by atoms with E-state index in [1.54, 1.807) is 0 Å². The highest BCUT2D eigenvalue weighted by molar-refractivity contribution is 5.94. The van der Waals surface area contributed by atoms with Crippen molar-refractivity contribution in [3.05, 3.63) is 24.3 Å². The predicted molar refractivity (Wildman–Crippen MR) is 83.7 cm³/mol. The van der Waals surface area contributed by atoms with Crippen LogP contribution in [0.4, 0.5) is 5.69 Å². The molecule has 1 aliphatic heterocycles. The molecule has 0 aromatic heterocycles. The van der Waals surface area contributed by atoms with Crippen molar-refractivity contribution in [2.24, 2.45) is 5.92 Å². The summed E-state index contributed by atoms with van der Waals surface area (Å²) in [6.07, 6.45) is 2.97. The Balaban J connectivity index is 0.00000200. The van der Waals surface area contributed by atoms with Gasteiger partial charge >= 0.3 is 0 Å². The molecule has 1 atom stereocenters. The van der Waals surface area contributed by atoms with Crippen LogP contribution in [0.3, 0.4) is 0 Å². The number of hydrogen-bond donors (Lipinski definition) is 2. The van der Waals surface area contributed by atoms with Crippen molar-refractivity contribution < 1.29 is 9.53 Å². The predicted octanol–water partition coefficient (Wildman–Crippen LogP) is 2.84. The number of amides is 1. The number of piperidine rings is 1. The second-order valence-corrected chi connectivity index (χ2v) is 4.88. The van der Waals surface area contributed by atoms with Gasteiger partial charge in [-0.25, -0.2) is 0 Å². The summed E-state index contributed by atoms with van der Waals surface area (Å²) in [4.78, 5) is 12.2. The fourth-order valence-electron chi connectivity index (χ4n) is 2.22. The molecule has 1 saturated heterocycles. The van der Waals surface area contributed by atoms with Crippen molar-refractivity contribution in [2.75, 3.05) is 25.0 Å². The summed E-state index contributed by atoms with van der Waals surface area (Å²) >= 11 is 0. The molecule has 1 aromatic carbocycles. The van der Waals surface area contributed by atoms with E-state index in [1.165, 1.54) is 0 Å². The van der Waals surface area contributed by atoms with Crippen molar-refractivity contribution in [2.45, 2.75) is 26.2 Å². The number of anilines is 1. The third-order valence-electron chi connectivity index (χ3n) is 3.27. The Hall–Kier alpha value is -1.26. The molecule has 2 N–H and O–H groups in total. The molecule has 4 nitrogen and oxygen atoms in total. The average molecular weight is 299 g/mol. The first-order valence-corrected chi connectivity index (χ1v) is 7.04. The smallest absolute Gasteiger partial charge is 0.228 e. The molecule has 1 aromatic rings. The van der Waals surface area contributed by atoms with Gasteiger partial charge in [0, 0.05) is 6.54 Å². The topological polar surface area (TPSA) is 50.4 Å². The summed E-state index contributed by atoms with van der Waals surface area (Å²) in [6.45, 7) is 4.51. The van der Waals surface area contributed by atoms with Crippen LogP contribution in [0, 0.1) is 5.92 Å². The van der Waals surface area contributed by atoms with Gasteiger partial charge in [0.05, 0.1) is 18.2 Å². The van der Waals surface area contributed by atoms with E-state index in [2.05, 4.69) is 17.6 Å². The van der Waals surface area contributed by atoms with E-state index >= 15 is 0 Å². The molecule has 0 bridgehead atoms. The highest BCUT2D eigenvalue weighted by atomic mass is 35.5. The molecule has 0 saturated carbocycles. The van der Waals surface area contributed by atoms with Crippen LogP contribution in [0.15, 0.2) is 24.3 Å². The molecule has 1 unspecified atom stereocenters. The van der Waals surface area contributed by atoms with Gasteiger partial charge in [-0.15, -0.1) is 12.4 Å². The molecule has 0 radical (unpaired) electrons. The highest BCUT2D eigenvalue weighted by Gasteiger charge is 2.21. The lowest BCUT2D eigenvalue weighted by atomic mass is 9.99. The van der Waals surface area contributed by atoms with Crippen LogP contribution >= 0.6 is 12.4 Å². The standard InChI is InChI=1S/C15H22N2O2.ClH/c1-2-10-19-14-8-4-3-7-13(14)17-15(18)12-6-5-9-16-11-12;/h3-4,7-8,12,16H,2,5-6,9-11H2,1H3,(H,17,18);1H. The molecular weight excluding hydrogens is 276 g/mol. The Bertz CT molecular complexity index is 420. The quantitative estimate of drug-likeness (QED) is 0.879. The van der Waals surface area contributed by atoms with E-state index in [4.69, 9.17) is 4.74 Å². The van der Waals surface area contributed by atoms with E-state index in [0.29, 0.717) is 6.61 Å². The maximum absolute atomic E-state index is 12.2. The maximum atomic E-state index is 12.2. The summed E-state index contributed by atoms with van der Waals surface area (Å²) in [5, 5.41) is 6.24. The zero-order valence-electron chi connectivity index (χ0n) is 11.9. The molecule has 20 heavy (non-hydrogen) atoms. The summed E-state index contributed by atoms with van der Waals surface area (Å²) in [5.41, 5.74) is 0.770. The van der Waals surface area contributed by atoms with Gasteiger partial charge < -0.3 is 15.4 Å². The van der Waals surface area contributed by atoms with Crippen molar-refractivity contribution in [1.29, 1.82) is 0 Å². The number of para-hydroxylation sites is 2. The highest BCUT2D eigenvalue weighted by Crippen LogP contribution is 2.25. The van der Waals surface area contributed by atoms with Gasteiger partial charge in [-0.3, -0.25) is 4.79 Å². The van der Waals surface area contributed by atoms with Crippen molar-refractivity contribution >= 4 is 24.0 Å². The number of hydrogen-bond acceptors (Lipinski definition) is 3. The third kappa shape index (κ3) is 4.69. The van der Waals surface area contributed by atoms with Gasteiger partial charge in [0.25, 0.3) is 0 Å². The Kier molecular flexibility index (Phi) is 7.41. The van der Waals surface area contributed by atoms with Gasteiger partial charge in [-0.05, 0) is 37.9 Å². The van der Waals surface area contributed by atoms with E-state index in [0.717, 1.165) is 43.8 Å². The van der Waals surface area contributed by atoms with Crippen LogP contribution in [0.5, 0.6) is 5.75 Å². The minimum absolute atomic E-state index is 0. The first-order chi connectivity index (χ1) is 9.31. The maximum Gasteiger partial charge on any atom is 0.228 e. The molecule has 1 amide bonds. The Labute approximate surface area is 126 Å². The van der Waals surface area contributed by atoms with E-state index in [-0.39, 0.29) is 24.2 Å². The lowest BCUT2D eigenvalue weighted by Gasteiger charge is -2.22. The molecule has 1 aliphatic rings. The van der Waals surface area contributed by atoms with Crippen LogP contribution in [0.1, 0.15) is 26.2 Å². The zero-order chi connectivity index (χ0) is 13.5. The molecule has 1 heterocycles. The minimum atomic E-state index is 0. The average Bonchev–Trinajstić information content (AvgIpc) is 2.47. The number of nitrogens with one attached hydrogen (secondary N) is 2. The Morgan fingerprint density at radius 3 is 2.95 bits per heavy atom. The van der Waals surface area contributed by atoms with Crippen LogP contribution < -0.4 is 15.4 Å². The monoisotopic (exact) mass is 298 g/mol. The molecular formula is C15H23ClN2O2. The summed E-state index contributed by atoms with van der Waals surface area (Å²) in [6, 6.07) is 7.61. The SMILES string of the molecule is CCCOc1ccccc1NC(=O)C1CCCNC1.Cl. The Morgan fingerprint density at radius 1 is 1.45 bits per heavy atom. The number of carbonyl (C=O) groups excluding carboxylic acids is 1. The first-order valence-electron chi connectivity index (χ1n) is 7.04. The summed E-state index contributed by atoms with van der Waals surface area (Å²) in [7, 11) is 0.